The summed E-state index contributed by atoms with van der Waals surface area (Å²) in [5.74, 6) is -1.21. The van der Waals surface area contributed by atoms with Gasteiger partial charge in [0.05, 0.1) is 6.42 Å². The molecule has 1 aliphatic rings. The number of fused-ring (bicyclic) bond motifs is 3. The smallest absolute Gasteiger partial charge is 0.413 e. The molecule has 1 unspecified atom stereocenters. The molecular formula is C25H25N3O5S. The molecule has 0 saturated carbocycles. The van der Waals surface area contributed by atoms with Crippen LogP contribution in [0.4, 0.5) is 9.93 Å². The molecule has 0 aliphatic heterocycles. The Balaban J connectivity index is 1.27. The molecule has 1 atom stereocenters. The van der Waals surface area contributed by atoms with Crippen LogP contribution in [0.3, 0.4) is 0 Å². The molecule has 0 bridgehead atoms. The molecule has 1 aromatic heterocycles. The third kappa shape index (κ3) is 5.60. The average Bonchev–Trinajstić information content (AvgIpc) is 3.38. The minimum Gasteiger partial charge on any atom is -0.481 e. The highest BCUT2D eigenvalue weighted by Crippen LogP contribution is 2.44. The van der Waals surface area contributed by atoms with Gasteiger partial charge < -0.3 is 15.2 Å². The first-order valence-corrected chi connectivity index (χ1v) is 11.8. The molecule has 0 fully saturated rings. The summed E-state index contributed by atoms with van der Waals surface area (Å²) >= 11 is 1.27. The van der Waals surface area contributed by atoms with E-state index in [1.165, 1.54) is 11.3 Å². The molecule has 0 saturated heterocycles. The quantitative estimate of drug-likeness (QED) is 0.418. The number of rotatable bonds is 9. The highest BCUT2D eigenvalue weighted by atomic mass is 32.1. The summed E-state index contributed by atoms with van der Waals surface area (Å²) in [4.78, 5) is 40.1. The molecule has 3 N–H and O–H groups in total. The summed E-state index contributed by atoms with van der Waals surface area (Å²) in [5.41, 5.74) is 4.61. The zero-order valence-corrected chi connectivity index (χ0v) is 19.4. The van der Waals surface area contributed by atoms with Gasteiger partial charge in [-0.15, -0.1) is 11.3 Å². The largest absolute Gasteiger partial charge is 0.481 e. The van der Waals surface area contributed by atoms with E-state index in [1.54, 1.807) is 13.1 Å². The summed E-state index contributed by atoms with van der Waals surface area (Å²) in [6.07, 6.45) is 1.55. The van der Waals surface area contributed by atoms with E-state index in [2.05, 4.69) is 39.9 Å². The summed E-state index contributed by atoms with van der Waals surface area (Å²) in [5, 5.41) is 14.5. The van der Waals surface area contributed by atoms with Crippen LogP contribution < -0.4 is 10.6 Å². The van der Waals surface area contributed by atoms with Crippen molar-refractivity contribution >= 4 is 34.4 Å². The van der Waals surface area contributed by atoms with E-state index >= 15 is 0 Å². The van der Waals surface area contributed by atoms with Crippen LogP contribution in [-0.2, 0) is 20.7 Å². The Morgan fingerprint density at radius 2 is 1.74 bits per heavy atom. The van der Waals surface area contributed by atoms with E-state index in [4.69, 9.17) is 9.84 Å². The topological polar surface area (TPSA) is 118 Å². The molecule has 4 rings (SSSR count). The van der Waals surface area contributed by atoms with Crippen molar-refractivity contribution in [2.75, 3.05) is 11.9 Å². The highest BCUT2D eigenvalue weighted by molar-refractivity contribution is 7.15. The summed E-state index contributed by atoms with van der Waals surface area (Å²) < 4.78 is 5.53. The van der Waals surface area contributed by atoms with Gasteiger partial charge in [0.2, 0.25) is 5.91 Å². The Morgan fingerprint density at radius 3 is 2.38 bits per heavy atom. The van der Waals surface area contributed by atoms with Crippen molar-refractivity contribution in [3.63, 3.8) is 0 Å². The monoisotopic (exact) mass is 479 g/mol. The van der Waals surface area contributed by atoms with E-state index < -0.39 is 18.1 Å². The maximum Gasteiger partial charge on any atom is 0.413 e. The van der Waals surface area contributed by atoms with Crippen LogP contribution in [0.5, 0.6) is 0 Å². The molecule has 8 nitrogen and oxygen atoms in total. The third-order valence-electron chi connectivity index (χ3n) is 5.59. The van der Waals surface area contributed by atoms with E-state index in [-0.39, 0.29) is 31.3 Å². The lowest BCUT2D eigenvalue weighted by molar-refractivity contribution is -0.137. The van der Waals surface area contributed by atoms with Crippen molar-refractivity contribution in [1.29, 1.82) is 0 Å². The van der Waals surface area contributed by atoms with E-state index in [1.807, 2.05) is 24.3 Å². The summed E-state index contributed by atoms with van der Waals surface area (Å²) in [7, 11) is 0. The van der Waals surface area contributed by atoms with Crippen molar-refractivity contribution in [2.24, 2.45) is 0 Å². The molecule has 1 heterocycles. The van der Waals surface area contributed by atoms with Crippen LogP contribution in [0.1, 0.15) is 41.7 Å². The normalized spacial score (nSPS) is 13.0. The van der Waals surface area contributed by atoms with E-state index in [9.17, 15) is 14.4 Å². The van der Waals surface area contributed by atoms with Crippen molar-refractivity contribution < 1.29 is 24.2 Å². The van der Waals surface area contributed by atoms with Crippen LogP contribution >= 0.6 is 11.3 Å². The fourth-order valence-corrected chi connectivity index (χ4v) is 4.90. The Labute approximate surface area is 201 Å². The number of carboxylic acid groups (broad SMARTS) is 1. The predicted octanol–water partition coefficient (Wildman–Crippen LogP) is 4.42. The van der Waals surface area contributed by atoms with Crippen LogP contribution in [0.25, 0.3) is 11.1 Å². The van der Waals surface area contributed by atoms with Gasteiger partial charge >= 0.3 is 12.1 Å². The first-order chi connectivity index (χ1) is 16.4. The van der Waals surface area contributed by atoms with Gasteiger partial charge in [-0.05, 0) is 35.6 Å². The number of carbonyl (C=O) groups excluding carboxylic acids is 2. The fraction of sp³-hybridized carbons (Fsp3) is 0.280. The number of benzene rings is 2. The number of carboxylic acids is 1. The maximum atomic E-state index is 12.4. The number of hydrogen-bond donors (Lipinski definition) is 3. The Bertz CT molecular complexity index is 1160. The highest BCUT2D eigenvalue weighted by Gasteiger charge is 2.29. The minimum atomic E-state index is -0.959. The van der Waals surface area contributed by atoms with Crippen LogP contribution in [0.15, 0.2) is 54.7 Å². The number of thiazole rings is 1. The number of aliphatic carboxylic acids is 1. The first-order valence-electron chi connectivity index (χ1n) is 11.0. The number of aromatic nitrogens is 1. The standard InChI is InChI=1S/C25H25N3O5S/c1-15(12-23(30)31)27-22(29)11-10-16-13-26-24(34-16)28-25(32)33-14-21-19-8-4-2-6-17(19)18-7-3-5-9-20(18)21/h2-9,13,15,21H,10-12,14H2,1H3,(H,27,29)(H,30,31)(H,26,28,32). The zero-order chi connectivity index (χ0) is 24.1. The van der Waals surface area contributed by atoms with Crippen molar-refractivity contribution in [3.8, 4) is 11.1 Å². The first kappa shape index (κ1) is 23.4. The summed E-state index contributed by atoms with van der Waals surface area (Å²) in [6, 6.07) is 15.8. The number of aryl methyl sites for hydroxylation is 1. The lowest BCUT2D eigenvalue weighted by Crippen LogP contribution is -2.34. The van der Waals surface area contributed by atoms with Crippen LogP contribution in [0, 0.1) is 0 Å². The second-order valence-electron chi connectivity index (χ2n) is 8.15. The van der Waals surface area contributed by atoms with Crippen LogP contribution in [-0.4, -0.2) is 40.7 Å². The lowest BCUT2D eigenvalue weighted by Gasteiger charge is -2.14. The predicted molar refractivity (Wildman–Crippen MR) is 129 cm³/mol. The lowest BCUT2D eigenvalue weighted by atomic mass is 9.98. The molecule has 0 spiro atoms. The maximum absolute atomic E-state index is 12.4. The molecule has 3 aromatic rings. The molecule has 34 heavy (non-hydrogen) atoms. The van der Waals surface area contributed by atoms with E-state index in [0.717, 1.165) is 27.1 Å². The van der Waals surface area contributed by atoms with Gasteiger partial charge in [0.1, 0.15) is 6.61 Å². The Kier molecular flexibility index (Phi) is 7.22. The SMILES string of the molecule is CC(CC(=O)O)NC(=O)CCc1cnc(NC(=O)OCC2c3ccccc3-c3ccccc32)s1. The van der Waals surface area contributed by atoms with Gasteiger partial charge in [0.15, 0.2) is 5.13 Å². The molecule has 2 aromatic carbocycles. The summed E-state index contributed by atoms with van der Waals surface area (Å²) in [6.45, 7) is 1.86. The number of hydrogen-bond acceptors (Lipinski definition) is 6. The number of ether oxygens (including phenoxy) is 1. The van der Waals surface area contributed by atoms with Gasteiger partial charge in [0, 0.05) is 29.5 Å². The number of nitrogens with zero attached hydrogens (tertiary/aromatic N) is 1. The van der Waals surface area contributed by atoms with Gasteiger partial charge in [-0.25, -0.2) is 9.78 Å². The zero-order valence-electron chi connectivity index (χ0n) is 18.6. The average molecular weight is 480 g/mol. The second kappa shape index (κ2) is 10.5. The number of anilines is 1. The van der Waals surface area contributed by atoms with Crippen molar-refractivity contribution in [1.82, 2.24) is 10.3 Å². The number of carbonyl (C=O) groups is 3. The van der Waals surface area contributed by atoms with E-state index in [0.29, 0.717) is 11.6 Å². The van der Waals surface area contributed by atoms with Crippen molar-refractivity contribution in [3.05, 3.63) is 70.7 Å². The number of nitrogens with one attached hydrogen (secondary N) is 2. The molecule has 1 aliphatic carbocycles. The molecule has 0 radical (unpaired) electrons. The Morgan fingerprint density at radius 1 is 1.09 bits per heavy atom. The molecular weight excluding hydrogens is 454 g/mol. The molecule has 176 valence electrons. The van der Waals surface area contributed by atoms with Gasteiger partial charge in [-0.1, -0.05) is 48.5 Å². The van der Waals surface area contributed by atoms with Crippen molar-refractivity contribution in [2.45, 2.75) is 38.1 Å². The van der Waals surface area contributed by atoms with Crippen LogP contribution in [0.2, 0.25) is 0 Å². The molecule has 2 amide bonds. The van der Waals surface area contributed by atoms with Gasteiger partial charge in [-0.3, -0.25) is 14.9 Å². The minimum absolute atomic E-state index is 0.0213. The van der Waals surface area contributed by atoms with Gasteiger partial charge in [0.25, 0.3) is 0 Å². The fourth-order valence-electron chi connectivity index (χ4n) is 4.10. The number of amides is 2. The molecule has 9 heteroatoms. The van der Waals surface area contributed by atoms with Gasteiger partial charge in [-0.2, -0.15) is 0 Å². The second-order valence-corrected chi connectivity index (χ2v) is 9.26. The third-order valence-corrected chi connectivity index (χ3v) is 6.57. The Hall–Kier alpha value is -3.72.